The Hall–Kier alpha value is -1.40. The van der Waals surface area contributed by atoms with E-state index in [9.17, 15) is 17.6 Å². The van der Waals surface area contributed by atoms with Gasteiger partial charge in [-0.25, -0.2) is 4.39 Å². The molecule has 1 N–H and O–H groups in total. The lowest BCUT2D eigenvalue weighted by Gasteiger charge is -2.18. The van der Waals surface area contributed by atoms with Crippen molar-refractivity contribution in [3.63, 3.8) is 0 Å². The van der Waals surface area contributed by atoms with Gasteiger partial charge >= 0.3 is 6.18 Å². The zero-order valence-electron chi connectivity index (χ0n) is 11.0. The fourth-order valence-electron chi connectivity index (χ4n) is 2.12. The topological polar surface area (TPSA) is 12.0 Å². The molecule has 0 saturated carbocycles. The van der Waals surface area contributed by atoms with Gasteiger partial charge in [-0.3, -0.25) is 0 Å². The molecule has 0 aliphatic rings. The number of rotatable bonds is 3. The zero-order valence-corrected chi connectivity index (χ0v) is 12.6. The largest absolute Gasteiger partial charge is 0.419 e. The second-order valence-electron chi connectivity index (χ2n) is 4.51. The number of hydrogen-bond donors (Lipinski definition) is 1. The first kappa shape index (κ1) is 16.0. The average molecular weight is 362 g/mol. The van der Waals surface area contributed by atoms with Crippen molar-refractivity contribution in [1.82, 2.24) is 5.32 Å². The van der Waals surface area contributed by atoms with E-state index < -0.39 is 17.6 Å². The third-order valence-corrected chi connectivity index (χ3v) is 3.65. The Balaban J connectivity index is 2.40. The minimum Gasteiger partial charge on any atom is -0.309 e. The van der Waals surface area contributed by atoms with Gasteiger partial charge in [0.2, 0.25) is 0 Å². The first-order valence-electron chi connectivity index (χ1n) is 6.12. The van der Waals surface area contributed by atoms with Gasteiger partial charge in [0.1, 0.15) is 5.82 Å². The summed E-state index contributed by atoms with van der Waals surface area (Å²) in [6.07, 6.45) is -4.69. The number of alkyl halides is 3. The van der Waals surface area contributed by atoms with E-state index in [1.165, 1.54) is 6.07 Å². The highest BCUT2D eigenvalue weighted by molar-refractivity contribution is 9.10. The maximum Gasteiger partial charge on any atom is 0.419 e. The van der Waals surface area contributed by atoms with Crippen LogP contribution in [0.5, 0.6) is 0 Å². The average Bonchev–Trinajstić information content (AvgIpc) is 2.40. The van der Waals surface area contributed by atoms with Crippen LogP contribution in [-0.4, -0.2) is 7.05 Å². The highest BCUT2D eigenvalue weighted by Gasteiger charge is 2.34. The summed E-state index contributed by atoms with van der Waals surface area (Å²) >= 11 is 3.31. The van der Waals surface area contributed by atoms with Crippen molar-refractivity contribution in [2.24, 2.45) is 0 Å². The first-order chi connectivity index (χ1) is 9.82. The minimum atomic E-state index is -4.69. The molecule has 21 heavy (non-hydrogen) atoms. The van der Waals surface area contributed by atoms with Gasteiger partial charge in [-0.05, 0) is 42.4 Å². The van der Waals surface area contributed by atoms with Crippen LogP contribution in [0, 0.1) is 5.82 Å². The Kier molecular flexibility index (Phi) is 4.68. The summed E-state index contributed by atoms with van der Waals surface area (Å²) in [7, 11) is 1.67. The summed E-state index contributed by atoms with van der Waals surface area (Å²) in [5.41, 5.74) is 0.0158. The van der Waals surface area contributed by atoms with Gasteiger partial charge in [-0.2, -0.15) is 13.2 Å². The molecule has 0 fully saturated rings. The molecular weight excluding hydrogens is 350 g/mol. The molecule has 0 aliphatic carbocycles. The van der Waals surface area contributed by atoms with E-state index in [2.05, 4.69) is 21.2 Å². The minimum absolute atomic E-state index is 0.380. The zero-order chi connectivity index (χ0) is 15.6. The smallest absolute Gasteiger partial charge is 0.309 e. The number of nitrogens with one attached hydrogen (secondary N) is 1. The van der Waals surface area contributed by atoms with E-state index in [1.807, 2.05) is 24.3 Å². The molecule has 1 atom stereocenters. The monoisotopic (exact) mass is 361 g/mol. The van der Waals surface area contributed by atoms with E-state index >= 15 is 0 Å². The summed E-state index contributed by atoms with van der Waals surface area (Å²) in [6.45, 7) is 0. The molecule has 1 nitrogen and oxygen atoms in total. The Labute approximate surface area is 128 Å². The lowest BCUT2D eigenvalue weighted by Crippen LogP contribution is -2.18. The number of benzene rings is 2. The van der Waals surface area contributed by atoms with Crippen LogP contribution in [0.1, 0.15) is 22.7 Å². The summed E-state index contributed by atoms with van der Waals surface area (Å²) in [5, 5.41) is 2.98. The van der Waals surface area contributed by atoms with Crippen molar-refractivity contribution in [3.05, 3.63) is 69.4 Å². The second-order valence-corrected chi connectivity index (χ2v) is 5.43. The van der Waals surface area contributed by atoms with Crippen LogP contribution >= 0.6 is 15.9 Å². The summed E-state index contributed by atoms with van der Waals surface area (Å²) in [6, 6.07) is 9.88. The van der Waals surface area contributed by atoms with Gasteiger partial charge in [-0.1, -0.05) is 34.1 Å². The maximum absolute atomic E-state index is 13.7. The molecule has 2 aromatic rings. The lowest BCUT2D eigenvalue weighted by atomic mass is 9.97. The quantitative estimate of drug-likeness (QED) is 0.765. The van der Waals surface area contributed by atoms with Crippen LogP contribution in [0.2, 0.25) is 0 Å². The van der Waals surface area contributed by atoms with E-state index in [-0.39, 0.29) is 6.04 Å². The molecule has 0 aliphatic heterocycles. The van der Waals surface area contributed by atoms with Gasteiger partial charge in [-0.15, -0.1) is 0 Å². The number of halogens is 5. The summed E-state index contributed by atoms with van der Waals surface area (Å²) in [5.74, 6) is -1.27. The van der Waals surface area contributed by atoms with Crippen molar-refractivity contribution < 1.29 is 17.6 Å². The SMILES string of the molecule is CNC(c1ccc(Br)cc1)c1ccc(C(F)(F)F)c(F)c1. The van der Waals surface area contributed by atoms with Crippen LogP contribution in [-0.2, 0) is 6.18 Å². The van der Waals surface area contributed by atoms with Gasteiger partial charge in [0.25, 0.3) is 0 Å². The first-order valence-corrected chi connectivity index (χ1v) is 6.91. The third-order valence-electron chi connectivity index (χ3n) is 3.12. The van der Waals surface area contributed by atoms with Crippen molar-refractivity contribution in [2.75, 3.05) is 7.05 Å². The molecule has 2 aromatic carbocycles. The molecule has 1 unspecified atom stereocenters. The summed E-state index contributed by atoms with van der Waals surface area (Å²) in [4.78, 5) is 0. The van der Waals surface area contributed by atoms with Crippen molar-refractivity contribution >= 4 is 15.9 Å². The molecule has 0 aromatic heterocycles. The molecule has 2 rings (SSSR count). The standard InChI is InChI=1S/C15H12BrF4N/c1-21-14(9-2-5-11(16)6-3-9)10-4-7-12(13(17)8-10)15(18,19)20/h2-8,14,21H,1H3. The third kappa shape index (κ3) is 3.63. The predicted octanol–water partition coefficient (Wildman–Crippen LogP) is 4.92. The van der Waals surface area contributed by atoms with Crippen molar-refractivity contribution in [1.29, 1.82) is 0 Å². The second kappa shape index (κ2) is 6.15. The van der Waals surface area contributed by atoms with Crippen LogP contribution in [0.3, 0.4) is 0 Å². The van der Waals surface area contributed by atoms with Crippen molar-refractivity contribution in [2.45, 2.75) is 12.2 Å². The molecular formula is C15H12BrF4N. The fourth-order valence-corrected chi connectivity index (χ4v) is 2.39. The van der Waals surface area contributed by atoms with Crippen LogP contribution in [0.25, 0.3) is 0 Å². The maximum atomic E-state index is 13.7. The summed E-state index contributed by atoms with van der Waals surface area (Å²) < 4.78 is 52.3. The van der Waals surface area contributed by atoms with Gasteiger partial charge in [0.15, 0.2) is 0 Å². The van der Waals surface area contributed by atoms with Gasteiger partial charge in [0.05, 0.1) is 11.6 Å². The molecule has 0 heterocycles. The molecule has 112 valence electrons. The normalized spacial score (nSPS) is 13.2. The molecule has 0 saturated heterocycles. The molecule has 0 amide bonds. The lowest BCUT2D eigenvalue weighted by molar-refractivity contribution is -0.140. The van der Waals surface area contributed by atoms with Gasteiger partial charge in [0, 0.05) is 4.47 Å². The van der Waals surface area contributed by atoms with Gasteiger partial charge < -0.3 is 5.32 Å². The highest BCUT2D eigenvalue weighted by Crippen LogP contribution is 2.33. The van der Waals surface area contributed by atoms with E-state index in [0.717, 1.165) is 22.2 Å². The predicted molar refractivity (Wildman–Crippen MR) is 76.4 cm³/mol. The Morgan fingerprint density at radius 1 is 1.00 bits per heavy atom. The molecule has 0 radical (unpaired) electrons. The fraction of sp³-hybridized carbons (Fsp3) is 0.200. The van der Waals surface area contributed by atoms with Crippen LogP contribution in [0.4, 0.5) is 17.6 Å². The Bertz CT molecular complexity index is 623. The highest BCUT2D eigenvalue weighted by atomic mass is 79.9. The Morgan fingerprint density at radius 3 is 2.05 bits per heavy atom. The molecule has 0 spiro atoms. The van der Waals surface area contributed by atoms with E-state index in [1.54, 1.807) is 7.05 Å². The van der Waals surface area contributed by atoms with E-state index in [0.29, 0.717) is 5.56 Å². The van der Waals surface area contributed by atoms with Crippen LogP contribution < -0.4 is 5.32 Å². The Morgan fingerprint density at radius 2 is 1.57 bits per heavy atom. The van der Waals surface area contributed by atoms with Crippen molar-refractivity contribution in [3.8, 4) is 0 Å². The molecule has 6 heteroatoms. The van der Waals surface area contributed by atoms with E-state index in [4.69, 9.17) is 0 Å². The molecule has 0 bridgehead atoms. The number of hydrogen-bond acceptors (Lipinski definition) is 1. The van der Waals surface area contributed by atoms with Crippen LogP contribution in [0.15, 0.2) is 46.9 Å².